The zero-order valence-corrected chi connectivity index (χ0v) is 11.5. The Kier molecular flexibility index (Phi) is 3.90. The van der Waals surface area contributed by atoms with Crippen LogP contribution in [0, 0.1) is 23.2 Å². The van der Waals surface area contributed by atoms with Gasteiger partial charge < -0.3 is 5.32 Å². The van der Waals surface area contributed by atoms with E-state index in [9.17, 15) is 10.1 Å². The van der Waals surface area contributed by atoms with Crippen LogP contribution in [-0.4, -0.2) is 11.4 Å². The van der Waals surface area contributed by atoms with Crippen LogP contribution in [0.3, 0.4) is 0 Å². The molecule has 100 valence electrons. The average Bonchev–Trinajstić information content (AvgIpc) is 3.21. The van der Waals surface area contributed by atoms with Gasteiger partial charge in [-0.2, -0.15) is 5.26 Å². The van der Waals surface area contributed by atoms with Crippen LogP contribution in [-0.2, 0) is 11.2 Å². The van der Waals surface area contributed by atoms with Gasteiger partial charge in [0, 0.05) is 5.54 Å². The molecule has 1 aliphatic rings. The highest BCUT2D eigenvalue weighted by Gasteiger charge is 2.39. The van der Waals surface area contributed by atoms with Crippen molar-refractivity contribution in [3.63, 3.8) is 0 Å². The Morgan fingerprint density at radius 1 is 1.42 bits per heavy atom. The standard InChI is InChI=1S/C16H20N2O/c1-16(2,14-8-9-14)18-15(19)13(11-17)10-12-6-4-3-5-7-12/h3-7,13-14H,8-10H2,1-2H3,(H,18,19). The summed E-state index contributed by atoms with van der Waals surface area (Å²) in [5.74, 6) is -0.198. The molecule has 1 atom stereocenters. The number of carbonyl (C=O) groups excluding carboxylic acids is 1. The van der Waals surface area contributed by atoms with Crippen molar-refractivity contribution in [1.82, 2.24) is 5.32 Å². The molecule has 0 aliphatic heterocycles. The Morgan fingerprint density at radius 3 is 2.58 bits per heavy atom. The van der Waals surface area contributed by atoms with Gasteiger partial charge in [-0.25, -0.2) is 0 Å². The summed E-state index contributed by atoms with van der Waals surface area (Å²) in [6.07, 6.45) is 2.82. The Morgan fingerprint density at radius 2 is 2.05 bits per heavy atom. The van der Waals surface area contributed by atoms with Crippen LogP contribution < -0.4 is 5.32 Å². The molecular formula is C16H20N2O. The second-order valence-corrected chi connectivity index (χ2v) is 5.86. The van der Waals surface area contributed by atoms with Crippen LogP contribution in [0.4, 0.5) is 0 Å². The number of hydrogen-bond acceptors (Lipinski definition) is 2. The molecule has 3 heteroatoms. The molecule has 0 bridgehead atoms. The predicted octanol–water partition coefficient (Wildman–Crippen LogP) is 2.67. The molecule has 1 amide bonds. The summed E-state index contributed by atoms with van der Waals surface area (Å²) in [4.78, 5) is 12.2. The fraction of sp³-hybridized carbons (Fsp3) is 0.500. The van der Waals surface area contributed by atoms with Crippen LogP contribution in [0.2, 0.25) is 0 Å². The second kappa shape index (κ2) is 5.44. The fourth-order valence-corrected chi connectivity index (χ4v) is 2.36. The quantitative estimate of drug-likeness (QED) is 0.880. The summed E-state index contributed by atoms with van der Waals surface area (Å²) >= 11 is 0. The molecule has 0 aromatic heterocycles. The molecule has 1 fully saturated rings. The maximum Gasteiger partial charge on any atom is 0.238 e. The average molecular weight is 256 g/mol. The van der Waals surface area contributed by atoms with Crippen molar-refractivity contribution in [2.75, 3.05) is 0 Å². The van der Waals surface area contributed by atoms with E-state index in [1.165, 1.54) is 12.8 Å². The lowest BCUT2D eigenvalue weighted by molar-refractivity contribution is -0.125. The van der Waals surface area contributed by atoms with Crippen LogP contribution in [0.1, 0.15) is 32.3 Å². The van der Waals surface area contributed by atoms with Gasteiger partial charge in [0.2, 0.25) is 5.91 Å². The number of carbonyl (C=O) groups is 1. The van der Waals surface area contributed by atoms with E-state index in [0.29, 0.717) is 12.3 Å². The van der Waals surface area contributed by atoms with Gasteiger partial charge in [0.1, 0.15) is 5.92 Å². The first kappa shape index (κ1) is 13.6. The SMILES string of the molecule is CC(C)(NC(=O)C(C#N)Cc1ccccc1)C1CC1. The third-order valence-electron chi connectivity index (χ3n) is 3.80. The predicted molar refractivity (Wildman–Crippen MR) is 74.2 cm³/mol. The van der Waals surface area contributed by atoms with Crippen LogP contribution in [0.25, 0.3) is 0 Å². The fourth-order valence-electron chi connectivity index (χ4n) is 2.36. The molecule has 1 aromatic rings. The smallest absolute Gasteiger partial charge is 0.238 e. The molecule has 1 aromatic carbocycles. The van der Waals surface area contributed by atoms with E-state index in [2.05, 4.69) is 11.4 Å². The number of nitriles is 1. The molecule has 0 radical (unpaired) electrons. The highest BCUT2D eigenvalue weighted by atomic mass is 16.2. The monoisotopic (exact) mass is 256 g/mol. The van der Waals surface area contributed by atoms with Crippen molar-refractivity contribution in [2.45, 2.75) is 38.6 Å². The molecule has 3 nitrogen and oxygen atoms in total. The van der Waals surface area contributed by atoms with E-state index in [4.69, 9.17) is 0 Å². The molecule has 2 rings (SSSR count). The zero-order chi connectivity index (χ0) is 13.9. The minimum atomic E-state index is -0.611. The lowest BCUT2D eigenvalue weighted by atomic mass is 9.95. The summed E-state index contributed by atoms with van der Waals surface area (Å²) in [6, 6.07) is 11.8. The number of nitrogens with zero attached hydrogens (tertiary/aromatic N) is 1. The molecule has 1 N–H and O–H groups in total. The van der Waals surface area contributed by atoms with E-state index < -0.39 is 5.92 Å². The largest absolute Gasteiger partial charge is 0.350 e. The first-order valence-corrected chi connectivity index (χ1v) is 6.78. The zero-order valence-electron chi connectivity index (χ0n) is 11.5. The highest BCUT2D eigenvalue weighted by Crippen LogP contribution is 2.39. The van der Waals surface area contributed by atoms with E-state index in [-0.39, 0.29) is 11.4 Å². The van der Waals surface area contributed by atoms with E-state index >= 15 is 0 Å². The normalized spacial score (nSPS) is 16.5. The first-order valence-electron chi connectivity index (χ1n) is 6.78. The van der Waals surface area contributed by atoms with Crippen molar-refractivity contribution in [2.24, 2.45) is 11.8 Å². The number of rotatable bonds is 5. The third-order valence-corrected chi connectivity index (χ3v) is 3.80. The lowest BCUT2D eigenvalue weighted by Crippen LogP contribution is -2.47. The first-order chi connectivity index (χ1) is 9.03. The maximum atomic E-state index is 12.2. The summed E-state index contributed by atoms with van der Waals surface area (Å²) < 4.78 is 0. The van der Waals surface area contributed by atoms with E-state index in [0.717, 1.165) is 5.56 Å². The van der Waals surface area contributed by atoms with Crippen molar-refractivity contribution in [3.05, 3.63) is 35.9 Å². The van der Waals surface area contributed by atoms with Crippen molar-refractivity contribution >= 4 is 5.91 Å². The number of nitrogens with one attached hydrogen (secondary N) is 1. The topological polar surface area (TPSA) is 52.9 Å². The van der Waals surface area contributed by atoms with Gasteiger partial charge in [0.05, 0.1) is 6.07 Å². The summed E-state index contributed by atoms with van der Waals surface area (Å²) in [5.41, 5.74) is 0.830. The van der Waals surface area contributed by atoms with Gasteiger partial charge in [-0.05, 0) is 44.6 Å². The molecule has 0 saturated heterocycles. The molecule has 0 heterocycles. The Bertz CT molecular complexity index is 483. The van der Waals surface area contributed by atoms with E-state index in [1.54, 1.807) is 0 Å². The van der Waals surface area contributed by atoms with E-state index in [1.807, 2.05) is 44.2 Å². The molecule has 1 unspecified atom stereocenters. The minimum Gasteiger partial charge on any atom is -0.350 e. The summed E-state index contributed by atoms with van der Waals surface area (Å²) in [7, 11) is 0. The van der Waals surface area contributed by atoms with Gasteiger partial charge in [-0.15, -0.1) is 0 Å². The van der Waals surface area contributed by atoms with Crippen molar-refractivity contribution < 1.29 is 4.79 Å². The Balaban J connectivity index is 1.98. The molecule has 0 spiro atoms. The summed E-state index contributed by atoms with van der Waals surface area (Å²) in [6.45, 7) is 4.08. The Labute approximate surface area is 114 Å². The second-order valence-electron chi connectivity index (χ2n) is 5.86. The third kappa shape index (κ3) is 3.57. The molecule has 1 saturated carbocycles. The summed E-state index contributed by atoms with van der Waals surface area (Å²) in [5, 5.41) is 12.2. The maximum absolute atomic E-state index is 12.2. The van der Waals surface area contributed by atoms with Gasteiger partial charge in [0.15, 0.2) is 0 Å². The molecule has 1 aliphatic carbocycles. The van der Waals surface area contributed by atoms with Gasteiger partial charge >= 0.3 is 0 Å². The van der Waals surface area contributed by atoms with Crippen LogP contribution in [0.15, 0.2) is 30.3 Å². The van der Waals surface area contributed by atoms with Gasteiger partial charge in [-0.3, -0.25) is 4.79 Å². The van der Waals surface area contributed by atoms with Crippen LogP contribution in [0.5, 0.6) is 0 Å². The lowest BCUT2D eigenvalue weighted by Gasteiger charge is -2.27. The van der Waals surface area contributed by atoms with Gasteiger partial charge in [-0.1, -0.05) is 30.3 Å². The van der Waals surface area contributed by atoms with Crippen molar-refractivity contribution in [1.29, 1.82) is 5.26 Å². The van der Waals surface area contributed by atoms with Gasteiger partial charge in [0.25, 0.3) is 0 Å². The highest BCUT2D eigenvalue weighted by molar-refractivity contribution is 5.82. The van der Waals surface area contributed by atoms with Crippen LogP contribution >= 0.6 is 0 Å². The number of benzene rings is 1. The number of hydrogen-bond donors (Lipinski definition) is 1. The minimum absolute atomic E-state index is 0.150. The molecule has 19 heavy (non-hydrogen) atoms. The Hall–Kier alpha value is -1.82. The molecular weight excluding hydrogens is 236 g/mol. The number of amides is 1. The van der Waals surface area contributed by atoms with Crippen molar-refractivity contribution in [3.8, 4) is 6.07 Å².